The zero-order valence-corrected chi connectivity index (χ0v) is 12.0. The summed E-state index contributed by atoms with van der Waals surface area (Å²) < 4.78 is 4.81. The summed E-state index contributed by atoms with van der Waals surface area (Å²) in [7, 11) is 0. The van der Waals surface area contributed by atoms with Crippen LogP contribution in [-0.4, -0.2) is 28.5 Å². The monoisotopic (exact) mass is 311 g/mol. The zero-order valence-electron chi connectivity index (χ0n) is 10.4. The molecule has 0 aliphatic carbocycles. The van der Waals surface area contributed by atoms with Gasteiger partial charge in [-0.25, -0.2) is 14.8 Å². The largest absolute Gasteiger partial charge is 0.461 e. The summed E-state index contributed by atoms with van der Waals surface area (Å²) in [6.07, 6.45) is 1.43. The highest BCUT2D eigenvalue weighted by atomic mass is 35.5. The molecule has 20 heavy (non-hydrogen) atoms. The second-order valence-corrected chi connectivity index (χ2v) is 4.83. The molecule has 8 heteroatoms. The molecule has 2 aromatic rings. The molecule has 0 saturated heterocycles. The van der Waals surface area contributed by atoms with Gasteiger partial charge in [0.15, 0.2) is 10.8 Å². The van der Waals surface area contributed by atoms with E-state index in [9.17, 15) is 9.59 Å². The summed E-state index contributed by atoms with van der Waals surface area (Å²) in [5.41, 5.74) is 0.526. The Kier molecular flexibility index (Phi) is 4.65. The van der Waals surface area contributed by atoms with Crippen LogP contribution in [0.3, 0.4) is 0 Å². The number of ether oxygens (including phenoxy) is 1. The third-order valence-corrected chi connectivity index (χ3v) is 3.16. The highest BCUT2D eigenvalue weighted by Gasteiger charge is 2.14. The van der Waals surface area contributed by atoms with Crippen molar-refractivity contribution in [2.45, 2.75) is 6.92 Å². The fourth-order valence-corrected chi connectivity index (χ4v) is 2.19. The molecule has 0 spiro atoms. The summed E-state index contributed by atoms with van der Waals surface area (Å²) in [5, 5.41) is 4.64. The predicted molar refractivity (Wildman–Crippen MR) is 75.3 cm³/mol. The Bertz CT molecular complexity index is 644. The first-order chi connectivity index (χ1) is 9.60. The molecule has 0 atom stereocenters. The normalized spacial score (nSPS) is 10.1. The third kappa shape index (κ3) is 3.52. The van der Waals surface area contributed by atoms with E-state index in [2.05, 4.69) is 15.3 Å². The van der Waals surface area contributed by atoms with Crippen molar-refractivity contribution in [1.29, 1.82) is 0 Å². The number of anilines is 1. The Morgan fingerprint density at radius 2 is 2.30 bits per heavy atom. The molecule has 2 rings (SSSR count). The van der Waals surface area contributed by atoms with E-state index >= 15 is 0 Å². The molecule has 0 radical (unpaired) electrons. The molecule has 0 aliphatic rings. The standard InChI is InChI=1S/C12H10ClN3O3S/c1-2-19-11(18)8-6-20-12(15-8)16-10(17)7-3-4-14-9(13)5-7/h3-6H,2H2,1H3,(H,15,16,17). The number of nitrogens with zero attached hydrogens (tertiary/aromatic N) is 2. The van der Waals surface area contributed by atoms with Gasteiger partial charge in [-0.1, -0.05) is 11.6 Å². The van der Waals surface area contributed by atoms with Crippen LogP contribution >= 0.6 is 22.9 Å². The molecule has 0 aliphatic heterocycles. The number of carbonyl (C=O) groups excluding carboxylic acids is 2. The van der Waals surface area contributed by atoms with Crippen LogP contribution in [0.4, 0.5) is 5.13 Å². The molecule has 0 unspecified atom stereocenters. The van der Waals surface area contributed by atoms with E-state index in [1.807, 2.05) is 0 Å². The van der Waals surface area contributed by atoms with E-state index in [4.69, 9.17) is 16.3 Å². The Morgan fingerprint density at radius 1 is 1.50 bits per heavy atom. The lowest BCUT2D eigenvalue weighted by atomic mass is 10.2. The number of carbonyl (C=O) groups is 2. The minimum atomic E-state index is -0.517. The summed E-state index contributed by atoms with van der Waals surface area (Å²) in [5.74, 6) is -0.893. The number of thiazole rings is 1. The molecule has 0 fully saturated rings. The van der Waals surface area contributed by atoms with E-state index in [0.29, 0.717) is 10.7 Å². The van der Waals surface area contributed by atoms with Crippen LogP contribution in [0, 0.1) is 0 Å². The molecular weight excluding hydrogens is 302 g/mol. The van der Waals surface area contributed by atoms with Crippen molar-refractivity contribution in [2.75, 3.05) is 11.9 Å². The quantitative estimate of drug-likeness (QED) is 0.693. The van der Waals surface area contributed by atoms with Crippen molar-refractivity contribution < 1.29 is 14.3 Å². The minimum Gasteiger partial charge on any atom is -0.461 e. The lowest BCUT2D eigenvalue weighted by Gasteiger charge is -2.01. The van der Waals surface area contributed by atoms with Crippen LogP contribution in [-0.2, 0) is 4.74 Å². The minimum absolute atomic E-state index is 0.167. The van der Waals surface area contributed by atoms with Gasteiger partial charge in [-0.15, -0.1) is 11.3 Å². The number of hydrogen-bond donors (Lipinski definition) is 1. The average Bonchev–Trinajstić information content (AvgIpc) is 2.87. The molecule has 104 valence electrons. The van der Waals surface area contributed by atoms with Crippen molar-refractivity contribution in [2.24, 2.45) is 0 Å². The van der Waals surface area contributed by atoms with Gasteiger partial charge in [-0.3, -0.25) is 10.1 Å². The second kappa shape index (κ2) is 6.44. The maximum atomic E-state index is 11.9. The van der Waals surface area contributed by atoms with Crippen LogP contribution in [0.25, 0.3) is 0 Å². The van der Waals surface area contributed by atoms with E-state index in [1.54, 1.807) is 6.92 Å². The van der Waals surface area contributed by atoms with Gasteiger partial charge >= 0.3 is 5.97 Å². The van der Waals surface area contributed by atoms with E-state index < -0.39 is 5.97 Å². The van der Waals surface area contributed by atoms with Gasteiger partial charge in [0.2, 0.25) is 0 Å². The van der Waals surface area contributed by atoms with Crippen molar-refractivity contribution in [3.05, 3.63) is 40.1 Å². The molecule has 1 N–H and O–H groups in total. The molecule has 6 nitrogen and oxygen atoms in total. The Morgan fingerprint density at radius 3 is 3.00 bits per heavy atom. The van der Waals surface area contributed by atoms with Crippen molar-refractivity contribution in [3.63, 3.8) is 0 Å². The number of hydrogen-bond acceptors (Lipinski definition) is 6. The number of nitrogens with one attached hydrogen (secondary N) is 1. The first-order valence-corrected chi connectivity index (χ1v) is 6.91. The first kappa shape index (κ1) is 14.4. The fraction of sp³-hybridized carbons (Fsp3) is 0.167. The molecule has 1 amide bonds. The maximum Gasteiger partial charge on any atom is 0.357 e. The average molecular weight is 312 g/mol. The molecule has 0 bridgehead atoms. The number of pyridine rings is 1. The predicted octanol–water partition coefficient (Wildman–Crippen LogP) is 2.62. The second-order valence-electron chi connectivity index (χ2n) is 3.58. The molecule has 2 heterocycles. The van der Waals surface area contributed by atoms with Gasteiger partial charge in [0.05, 0.1) is 6.61 Å². The summed E-state index contributed by atoms with van der Waals surface area (Å²) in [6.45, 7) is 1.98. The van der Waals surface area contributed by atoms with Crippen molar-refractivity contribution in [1.82, 2.24) is 9.97 Å². The van der Waals surface area contributed by atoms with E-state index in [1.165, 1.54) is 23.7 Å². The fourth-order valence-electron chi connectivity index (χ4n) is 1.34. The Hall–Kier alpha value is -1.99. The van der Waals surface area contributed by atoms with E-state index in [-0.39, 0.29) is 23.4 Å². The summed E-state index contributed by atoms with van der Waals surface area (Å²) in [6, 6.07) is 2.97. The zero-order chi connectivity index (χ0) is 14.5. The highest BCUT2D eigenvalue weighted by molar-refractivity contribution is 7.14. The molecule has 0 aromatic carbocycles. The third-order valence-electron chi connectivity index (χ3n) is 2.20. The lowest BCUT2D eigenvalue weighted by Crippen LogP contribution is -2.12. The molecule has 0 saturated carbocycles. The maximum absolute atomic E-state index is 11.9. The van der Waals surface area contributed by atoms with E-state index in [0.717, 1.165) is 11.3 Å². The number of amides is 1. The number of esters is 1. The van der Waals surface area contributed by atoms with Crippen LogP contribution in [0.15, 0.2) is 23.7 Å². The molecule has 2 aromatic heterocycles. The molecular formula is C12H10ClN3O3S. The van der Waals surface area contributed by atoms with Crippen LogP contribution in [0.1, 0.15) is 27.8 Å². The Labute approximate surface area is 123 Å². The van der Waals surface area contributed by atoms with Crippen LogP contribution in [0.2, 0.25) is 5.15 Å². The van der Waals surface area contributed by atoms with Crippen molar-refractivity contribution in [3.8, 4) is 0 Å². The summed E-state index contributed by atoms with van der Waals surface area (Å²) >= 11 is 6.85. The Balaban J connectivity index is 2.07. The first-order valence-electron chi connectivity index (χ1n) is 5.65. The van der Waals surface area contributed by atoms with Gasteiger partial charge in [-0.05, 0) is 19.1 Å². The summed E-state index contributed by atoms with van der Waals surface area (Å²) in [4.78, 5) is 31.1. The highest BCUT2D eigenvalue weighted by Crippen LogP contribution is 2.17. The lowest BCUT2D eigenvalue weighted by molar-refractivity contribution is 0.0520. The number of aromatic nitrogens is 2. The van der Waals surface area contributed by atoms with Gasteiger partial charge in [0.25, 0.3) is 5.91 Å². The van der Waals surface area contributed by atoms with Gasteiger partial charge in [0, 0.05) is 17.1 Å². The van der Waals surface area contributed by atoms with Crippen LogP contribution in [0.5, 0.6) is 0 Å². The smallest absolute Gasteiger partial charge is 0.357 e. The van der Waals surface area contributed by atoms with Crippen LogP contribution < -0.4 is 5.32 Å². The topological polar surface area (TPSA) is 81.2 Å². The number of halogens is 1. The number of rotatable bonds is 4. The van der Waals surface area contributed by atoms with Crippen molar-refractivity contribution >= 4 is 39.9 Å². The van der Waals surface area contributed by atoms with Gasteiger partial charge in [0.1, 0.15) is 5.15 Å². The van der Waals surface area contributed by atoms with Gasteiger partial charge in [-0.2, -0.15) is 0 Å². The van der Waals surface area contributed by atoms with Gasteiger partial charge < -0.3 is 4.74 Å². The SMILES string of the molecule is CCOC(=O)c1csc(NC(=O)c2ccnc(Cl)c2)n1.